The summed E-state index contributed by atoms with van der Waals surface area (Å²) < 4.78 is 11.5. The minimum absolute atomic E-state index is 0.106. The lowest BCUT2D eigenvalue weighted by Crippen LogP contribution is -2.13. The molecule has 1 rings (SSSR count). The molecule has 0 radical (unpaired) electrons. The zero-order valence-electron chi connectivity index (χ0n) is 23.9. The predicted octanol–water partition coefficient (Wildman–Crippen LogP) is 10.1. The van der Waals surface area contributed by atoms with Gasteiger partial charge < -0.3 is 9.47 Å². The summed E-state index contributed by atoms with van der Waals surface area (Å²) in [5.74, 6) is 3.41. The molecule has 0 bridgehead atoms. The number of unbranched alkanes of at least 4 members (excludes halogenated alkanes) is 11. The molecular formula is C32H56O3S. The number of esters is 1. The molecule has 1 atom stereocenters. The van der Waals surface area contributed by atoms with Crippen LogP contribution in [0.15, 0.2) is 24.3 Å². The molecule has 4 heteroatoms. The van der Waals surface area contributed by atoms with Crippen LogP contribution in [-0.2, 0) is 9.53 Å². The van der Waals surface area contributed by atoms with E-state index in [0.717, 1.165) is 17.3 Å². The molecule has 1 aromatic rings. The number of para-hydroxylation sites is 1. The normalized spacial score (nSPS) is 12.0. The Morgan fingerprint density at radius 3 is 2.06 bits per heavy atom. The number of hydrogen-bond donors (Lipinski definition) is 0. The lowest BCUT2D eigenvalue weighted by molar-refractivity contribution is -0.143. The van der Waals surface area contributed by atoms with E-state index in [-0.39, 0.29) is 5.97 Å². The first-order chi connectivity index (χ1) is 17.7. The van der Waals surface area contributed by atoms with Gasteiger partial charge in [-0.2, -0.15) is 11.8 Å². The van der Waals surface area contributed by atoms with E-state index < -0.39 is 0 Å². The van der Waals surface area contributed by atoms with Crippen molar-refractivity contribution in [2.24, 2.45) is 0 Å². The van der Waals surface area contributed by atoms with Gasteiger partial charge in [0.1, 0.15) is 19.0 Å². The van der Waals surface area contributed by atoms with Gasteiger partial charge in [0.15, 0.2) is 0 Å². The highest BCUT2D eigenvalue weighted by Crippen LogP contribution is 2.33. The van der Waals surface area contributed by atoms with Crippen LogP contribution in [0, 0.1) is 0 Å². The van der Waals surface area contributed by atoms with Gasteiger partial charge in [-0.3, -0.25) is 4.79 Å². The van der Waals surface area contributed by atoms with Gasteiger partial charge in [-0.05, 0) is 42.6 Å². The second-order valence-electron chi connectivity index (χ2n) is 10.1. The maximum absolute atomic E-state index is 12.1. The second kappa shape index (κ2) is 24.2. The van der Waals surface area contributed by atoms with Crippen molar-refractivity contribution in [2.45, 2.75) is 136 Å². The van der Waals surface area contributed by atoms with E-state index in [1.54, 1.807) is 0 Å². The van der Waals surface area contributed by atoms with Crippen molar-refractivity contribution in [1.82, 2.24) is 0 Å². The third kappa shape index (κ3) is 17.3. The number of thioether (sulfide) groups is 1. The van der Waals surface area contributed by atoms with Crippen LogP contribution in [-0.4, -0.2) is 30.7 Å². The van der Waals surface area contributed by atoms with Crippen molar-refractivity contribution >= 4 is 17.7 Å². The van der Waals surface area contributed by atoms with Crippen LogP contribution >= 0.6 is 11.8 Å². The molecule has 3 nitrogen and oxygen atoms in total. The molecule has 0 aliphatic heterocycles. The molecule has 0 N–H and O–H groups in total. The average molecular weight is 521 g/mol. The Hall–Kier alpha value is -1.16. The van der Waals surface area contributed by atoms with E-state index in [0.29, 0.717) is 25.6 Å². The van der Waals surface area contributed by atoms with Crippen LogP contribution < -0.4 is 4.74 Å². The van der Waals surface area contributed by atoms with Crippen LogP contribution in [0.2, 0.25) is 0 Å². The minimum atomic E-state index is -0.106. The highest BCUT2D eigenvalue weighted by Gasteiger charge is 2.15. The fourth-order valence-electron chi connectivity index (χ4n) is 4.72. The van der Waals surface area contributed by atoms with Gasteiger partial charge in [0.2, 0.25) is 0 Å². The van der Waals surface area contributed by atoms with Crippen LogP contribution in [0.3, 0.4) is 0 Å². The molecule has 1 aromatic carbocycles. The van der Waals surface area contributed by atoms with Gasteiger partial charge in [-0.25, -0.2) is 0 Å². The molecule has 208 valence electrons. The fourth-order valence-corrected chi connectivity index (χ4v) is 5.65. The summed E-state index contributed by atoms with van der Waals surface area (Å²) in [6.07, 6.45) is 21.6. The predicted molar refractivity (Wildman–Crippen MR) is 158 cm³/mol. The van der Waals surface area contributed by atoms with E-state index >= 15 is 0 Å². The summed E-state index contributed by atoms with van der Waals surface area (Å²) in [7, 11) is 0. The molecule has 0 spiro atoms. The van der Waals surface area contributed by atoms with Gasteiger partial charge in [-0.1, -0.05) is 122 Å². The lowest BCUT2D eigenvalue weighted by Gasteiger charge is -2.20. The molecule has 36 heavy (non-hydrogen) atoms. The van der Waals surface area contributed by atoms with E-state index in [1.807, 2.05) is 17.8 Å². The summed E-state index contributed by atoms with van der Waals surface area (Å²) >= 11 is 1.88. The molecule has 0 aliphatic rings. The summed E-state index contributed by atoms with van der Waals surface area (Å²) in [6.45, 7) is 7.53. The van der Waals surface area contributed by atoms with E-state index in [9.17, 15) is 4.79 Å². The van der Waals surface area contributed by atoms with Crippen molar-refractivity contribution < 1.29 is 14.3 Å². The summed E-state index contributed by atoms with van der Waals surface area (Å²) in [6, 6.07) is 8.41. The first-order valence-electron chi connectivity index (χ1n) is 15.2. The summed E-state index contributed by atoms with van der Waals surface area (Å²) in [4.78, 5) is 12.1. The second-order valence-corrected chi connectivity index (χ2v) is 11.4. The Labute approximate surface area is 227 Å². The van der Waals surface area contributed by atoms with Crippen molar-refractivity contribution in [3.05, 3.63) is 29.8 Å². The first-order valence-corrected chi connectivity index (χ1v) is 16.3. The molecule has 0 heterocycles. The Bertz CT molecular complexity index is 634. The van der Waals surface area contributed by atoms with Crippen molar-refractivity contribution in [2.75, 3.05) is 24.7 Å². The Balaban J connectivity index is 2.10. The molecule has 0 amide bonds. The fraction of sp³-hybridized carbons (Fsp3) is 0.781. The molecule has 1 unspecified atom stereocenters. The number of carbonyl (C=O) groups is 1. The van der Waals surface area contributed by atoms with E-state index in [2.05, 4.69) is 39.0 Å². The topological polar surface area (TPSA) is 35.5 Å². The zero-order chi connectivity index (χ0) is 26.1. The number of ether oxygens (including phenoxy) is 2. The maximum Gasteiger partial charge on any atom is 0.306 e. The maximum atomic E-state index is 12.1. The van der Waals surface area contributed by atoms with E-state index in [1.165, 1.54) is 108 Å². The molecule has 0 aliphatic carbocycles. The molecule has 0 fully saturated rings. The number of benzene rings is 1. The molecule has 0 saturated carbocycles. The third-order valence-electron chi connectivity index (χ3n) is 6.85. The number of hydrogen-bond acceptors (Lipinski definition) is 4. The van der Waals surface area contributed by atoms with Gasteiger partial charge >= 0.3 is 5.97 Å². The Kier molecular flexibility index (Phi) is 22.1. The highest BCUT2D eigenvalue weighted by molar-refractivity contribution is 7.99. The standard InChI is InChI=1S/C32H56O3S/c1-4-7-9-10-11-12-13-14-15-19-27-36-28-24-32(33)35-26-25-34-31-23-18-17-22-30(31)29(20-6-3)21-16-8-5-2/h17-18,22-23,29H,4-16,19-21,24-28H2,1-3H3. The lowest BCUT2D eigenvalue weighted by atomic mass is 9.89. The monoisotopic (exact) mass is 520 g/mol. The van der Waals surface area contributed by atoms with Crippen LogP contribution in [0.1, 0.15) is 141 Å². The Morgan fingerprint density at radius 1 is 0.722 bits per heavy atom. The first kappa shape index (κ1) is 32.9. The zero-order valence-corrected chi connectivity index (χ0v) is 24.7. The molecule has 0 aromatic heterocycles. The van der Waals surface area contributed by atoms with Crippen LogP contribution in [0.4, 0.5) is 0 Å². The van der Waals surface area contributed by atoms with E-state index in [4.69, 9.17) is 9.47 Å². The highest BCUT2D eigenvalue weighted by atomic mass is 32.2. The van der Waals surface area contributed by atoms with Gasteiger partial charge in [0.05, 0.1) is 6.42 Å². The van der Waals surface area contributed by atoms with Crippen LogP contribution in [0.5, 0.6) is 5.75 Å². The molecule has 0 saturated heterocycles. The molecular weight excluding hydrogens is 464 g/mol. The van der Waals surface area contributed by atoms with Gasteiger partial charge in [-0.15, -0.1) is 0 Å². The average Bonchev–Trinajstić information content (AvgIpc) is 2.89. The summed E-state index contributed by atoms with van der Waals surface area (Å²) in [5.41, 5.74) is 1.31. The minimum Gasteiger partial charge on any atom is -0.490 e. The largest absolute Gasteiger partial charge is 0.490 e. The quantitative estimate of drug-likeness (QED) is 0.0949. The van der Waals surface area contributed by atoms with Gasteiger partial charge in [0.25, 0.3) is 0 Å². The Morgan fingerprint density at radius 2 is 1.36 bits per heavy atom. The van der Waals surface area contributed by atoms with Crippen molar-refractivity contribution in [1.29, 1.82) is 0 Å². The SMILES string of the molecule is CCCCCCCCCCCCSCCC(=O)OCCOc1ccccc1C(CCC)CCCCC. The smallest absolute Gasteiger partial charge is 0.306 e. The third-order valence-corrected chi connectivity index (χ3v) is 7.92. The van der Waals surface area contributed by atoms with Crippen molar-refractivity contribution in [3.63, 3.8) is 0 Å². The number of rotatable bonds is 25. The van der Waals surface area contributed by atoms with Gasteiger partial charge in [0, 0.05) is 5.75 Å². The number of carbonyl (C=O) groups excluding carboxylic acids is 1. The van der Waals surface area contributed by atoms with Crippen molar-refractivity contribution in [3.8, 4) is 5.75 Å². The van der Waals surface area contributed by atoms with Crippen LogP contribution in [0.25, 0.3) is 0 Å². The summed E-state index contributed by atoms with van der Waals surface area (Å²) in [5, 5.41) is 0.